The fourth-order valence-corrected chi connectivity index (χ4v) is 12.8. The fraction of sp³-hybridized carbons (Fsp3) is 0. The molecule has 0 fully saturated rings. The second-order valence-electron chi connectivity index (χ2n) is 23.3. The molecule has 0 aliphatic rings. The van der Waals surface area contributed by atoms with Gasteiger partial charge in [0.25, 0.3) is 0 Å². The van der Waals surface area contributed by atoms with Crippen LogP contribution in [0.4, 0.5) is 34.1 Å². The molecule has 2 nitrogen and oxygen atoms in total. The van der Waals surface area contributed by atoms with Crippen LogP contribution in [0.2, 0.25) is 0 Å². The van der Waals surface area contributed by atoms with E-state index in [1.54, 1.807) is 0 Å². The van der Waals surface area contributed by atoms with Crippen molar-refractivity contribution in [3.8, 4) is 111 Å². The van der Waals surface area contributed by atoms with E-state index in [-0.39, 0.29) is 0 Å². The van der Waals surface area contributed by atoms with Crippen LogP contribution >= 0.6 is 0 Å². The molecular formula is C90H64N2. The summed E-state index contributed by atoms with van der Waals surface area (Å²) in [5, 5.41) is 0. The molecule has 15 aromatic rings. The first kappa shape index (κ1) is 56.4. The van der Waals surface area contributed by atoms with Gasteiger partial charge in [0.05, 0.1) is 11.4 Å². The molecule has 434 valence electrons. The van der Waals surface area contributed by atoms with Crippen molar-refractivity contribution in [2.24, 2.45) is 0 Å². The van der Waals surface area contributed by atoms with Gasteiger partial charge in [0.15, 0.2) is 0 Å². The average molecular weight is 1170 g/mol. The van der Waals surface area contributed by atoms with Crippen molar-refractivity contribution in [1.29, 1.82) is 0 Å². The standard InChI is InChI=1S/C90H64N2/c1-6-25-65(26-7-1)72-35-18-38-75(57-72)79-42-23-47-85(62-79)92(86-48-24-43-80(63-86)76-39-19-36-73(58-76)66-27-8-2-9-28-66)90-56-55-81(64-88(90)71-33-14-5-15-34-71)70-53-51-69(52-54-70)78-41-22-46-84(61-78)91(83-45-21-40-77(60-83)68-31-12-4-13-32-68)89-50-17-16-49-87(89)82-44-20-37-74(59-82)67-29-10-3-11-30-67/h1-64H. The minimum Gasteiger partial charge on any atom is -0.310 e. The molecule has 0 aliphatic heterocycles. The number of hydrogen-bond acceptors (Lipinski definition) is 2. The summed E-state index contributed by atoms with van der Waals surface area (Å²) in [4.78, 5) is 4.86. The first-order chi connectivity index (χ1) is 45.6. The highest BCUT2D eigenvalue weighted by Crippen LogP contribution is 2.47. The van der Waals surface area contributed by atoms with Gasteiger partial charge in [-0.15, -0.1) is 0 Å². The van der Waals surface area contributed by atoms with Gasteiger partial charge in [-0.2, -0.15) is 0 Å². The lowest BCUT2D eigenvalue weighted by Gasteiger charge is -2.29. The molecule has 0 radical (unpaired) electrons. The lowest BCUT2D eigenvalue weighted by Crippen LogP contribution is -2.11. The zero-order chi connectivity index (χ0) is 61.4. The van der Waals surface area contributed by atoms with Gasteiger partial charge < -0.3 is 9.80 Å². The topological polar surface area (TPSA) is 6.48 Å². The minimum absolute atomic E-state index is 1.06. The van der Waals surface area contributed by atoms with E-state index in [0.717, 1.165) is 106 Å². The van der Waals surface area contributed by atoms with Crippen molar-refractivity contribution in [3.63, 3.8) is 0 Å². The third-order valence-electron chi connectivity index (χ3n) is 17.4. The molecule has 0 bridgehead atoms. The second-order valence-corrected chi connectivity index (χ2v) is 23.3. The lowest BCUT2D eigenvalue weighted by molar-refractivity contribution is 1.28. The van der Waals surface area contributed by atoms with Gasteiger partial charge in [0.1, 0.15) is 0 Å². The van der Waals surface area contributed by atoms with Gasteiger partial charge in [-0.25, -0.2) is 0 Å². The monoisotopic (exact) mass is 1170 g/mol. The molecule has 0 N–H and O–H groups in total. The highest BCUT2D eigenvalue weighted by molar-refractivity contribution is 5.94. The number of rotatable bonds is 16. The van der Waals surface area contributed by atoms with E-state index in [0.29, 0.717) is 0 Å². The largest absolute Gasteiger partial charge is 0.310 e. The molecule has 0 aliphatic carbocycles. The minimum atomic E-state index is 1.06. The fourth-order valence-electron chi connectivity index (χ4n) is 12.8. The molecule has 15 aromatic carbocycles. The Morgan fingerprint density at radius 1 is 0.120 bits per heavy atom. The maximum Gasteiger partial charge on any atom is 0.0540 e. The summed E-state index contributed by atoms with van der Waals surface area (Å²) in [5.74, 6) is 0. The predicted molar refractivity (Wildman–Crippen MR) is 390 cm³/mol. The van der Waals surface area contributed by atoms with Gasteiger partial charge in [-0.1, -0.05) is 303 Å². The molecule has 0 heterocycles. The summed E-state index contributed by atoms with van der Waals surface area (Å²) < 4.78 is 0. The van der Waals surface area contributed by atoms with Gasteiger partial charge >= 0.3 is 0 Å². The maximum absolute atomic E-state index is 2.44. The number of nitrogens with zero attached hydrogens (tertiary/aromatic N) is 2. The van der Waals surface area contributed by atoms with Crippen molar-refractivity contribution < 1.29 is 0 Å². The van der Waals surface area contributed by atoms with Crippen molar-refractivity contribution in [2.45, 2.75) is 0 Å². The molecule has 0 spiro atoms. The van der Waals surface area contributed by atoms with Crippen LogP contribution < -0.4 is 9.80 Å². The van der Waals surface area contributed by atoms with Crippen molar-refractivity contribution >= 4 is 34.1 Å². The second kappa shape index (κ2) is 25.9. The maximum atomic E-state index is 2.44. The van der Waals surface area contributed by atoms with E-state index in [1.165, 1.54) is 38.9 Å². The first-order valence-corrected chi connectivity index (χ1v) is 31.5. The van der Waals surface area contributed by atoms with Crippen molar-refractivity contribution in [3.05, 3.63) is 388 Å². The normalized spacial score (nSPS) is 11.0. The van der Waals surface area contributed by atoms with Crippen molar-refractivity contribution in [1.82, 2.24) is 0 Å². The third kappa shape index (κ3) is 12.0. The number of benzene rings is 15. The van der Waals surface area contributed by atoms with E-state index in [1.807, 2.05) is 0 Å². The molecule has 2 heteroatoms. The van der Waals surface area contributed by atoms with Crippen molar-refractivity contribution in [2.75, 3.05) is 9.80 Å². The number of anilines is 6. The number of hydrogen-bond donors (Lipinski definition) is 0. The SMILES string of the molecule is c1ccc(-c2cccc(-c3cccc(N(c4cccc(-c5cccc(-c6ccccc6)c5)c4)c4ccc(-c5ccc(-c6cccc(N(c7cccc(-c8ccccc8)c7)c7ccccc7-c7cccc(-c8ccccc8)c7)c6)cc5)cc4-c4ccccc4)c3)c2)cc1. The molecule has 0 unspecified atom stereocenters. The van der Waals surface area contributed by atoms with Crippen LogP contribution in [0.5, 0.6) is 0 Å². The number of para-hydroxylation sites is 1. The molecule has 92 heavy (non-hydrogen) atoms. The van der Waals surface area contributed by atoms with Gasteiger partial charge in [-0.3, -0.25) is 0 Å². The van der Waals surface area contributed by atoms with Gasteiger partial charge in [0.2, 0.25) is 0 Å². The molecule has 0 aromatic heterocycles. The van der Waals surface area contributed by atoms with Crippen LogP contribution in [0, 0.1) is 0 Å². The molecule has 0 saturated heterocycles. The Balaban J connectivity index is 0.816. The highest BCUT2D eigenvalue weighted by Gasteiger charge is 2.22. The Morgan fingerprint density at radius 3 is 0.728 bits per heavy atom. The van der Waals surface area contributed by atoms with Crippen LogP contribution in [0.25, 0.3) is 111 Å². The Bertz CT molecular complexity index is 4900. The van der Waals surface area contributed by atoms with Gasteiger partial charge in [0, 0.05) is 33.9 Å². The molecule has 0 amide bonds. The quantitative estimate of drug-likeness (QED) is 0.0951. The van der Waals surface area contributed by atoms with Crippen LogP contribution in [0.1, 0.15) is 0 Å². The molecular weight excluding hydrogens is 1110 g/mol. The van der Waals surface area contributed by atoms with Crippen LogP contribution in [0.3, 0.4) is 0 Å². The summed E-state index contributed by atoms with van der Waals surface area (Å²) >= 11 is 0. The Hall–Kier alpha value is -12.1. The molecule has 0 saturated carbocycles. The summed E-state index contributed by atoms with van der Waals surface area (Å²) in [7, 11) is 0. The molecule has 15 rings (SSSR count). The summed E-state index contributed by atoms with van der Waals surface area (Å²) in [6.45, 7) is 0. The zero-order valence-electron chi connectivity index (χ0n) is 50.8. The Morgan fingerprint density at radius 2 is 0.348 bits per heavy atom. The Kier molecular flexibility index (Phi) is 15.9. The smallest absolute Gasteiger partial charge is 0.0540 e. The van der Waals surface area contributed by atoms with E-state index >= 15 is 0 Å². The Labute approximate surface area is 540 Å². The summed E-state index contributed by atoms with van der Waals surface area (Å²) in [6.07, 6.45) is 0. The van der Waals surface area contributed by atoms with E-state index in [9.17, 15) is 0 Å². The van der Waals surface area contributed by atoms with E-state index < -0.39 is 0 Å². The highest BCUT2D eigenvalue weighted by atomic mass is 15.2. The van der Waals surface area contributed by atoms with Gasteiger partial charge in [-0.05, 0) is 185 Å². The zero-order valence-corrected chi connectivity index (χ0v) is 50.8. The van der Waals surface area contributed by atoms with E-state index in [4.69, 9.17) is 0 Å². The summed E-state index contributed by atoms with van der Waals surface area (Å²) in [6, 6.07) is 141. The lowest BCUT2D eigenvalue weighted by atomic mass is 9.94. The van der Waals surface area contributed by atoms with Crippen LogP contribution in [0.15, 0.2) is 388 Å². The summed E-state index contributed by atoms with van der Waals surface area (Å²) in [5.41, 5.74) is 29.5. The average Bonchev–Trinajstić information content (AvgIpc) is 1.02. The first-order valence-electron chi connectivity index (χ1n) is 31.5. The van der Waals surface area contributed by atoms with Crippen LogP contribution in [-0.4, -0.2) is 0 Å². The van der Waals surface area contributed by atoms with E-state index in [2.05, 4.69) is 398 Å². The predicted octanol–water partition coefficient (Wildman–Crippen LogP) is 25.3. The van der Waals surface area contributed by atoms with Crippen LogP contribution in [-0.2, 0) is 0 Å². The third-order valence-corrected chi connectivity index (χ3v) is 17.4. The molecule has 0 atom stereocenters.